The minimum atomic E-state index is -1.34. The highest BCUT2D eigenvalue weighted by atomic mass is 127. The van der Waals surface area contributed by atoms with Gasteiger partial charge in [-0.25, -0.2) is 0 Å². The van der Waals surface area contributed by atoms with Crippen molar-refractivity contribution in [3.05, 3.63) is 133 Å². The largest absolute Gasteiger partial charge is 0.488 e. The lowest BCUT2D eigenvalue weighted by Crippen LogP contribution is -2.29. The maximum Gasteiger partial charge on any atom is 0.488 e. The van der Waals surface area contributed by atoms with Crippen molar-refractivity contribution in [1.29, 1.82) is 0 Å². The highest BCUT2D eigenvalue weighted by Crippen LogP contribution is 2.21. The van der Waals surface area contributed by atoms with E-state index in [-0.39, 0.29) is 11.4 Å². The highest BCUT2D eigenvalue weighted by Gasteiger charge is 2.07. The maximum absolute atomic E-state index is 10.5. The average Bonchev–Trinajstić information content (AvgIpc) is 2.86. The van der Waals surface area contributed by atoms with Gasteiger partial charge in [-0.1, -0.05) is 60.7 Å². The molecule has 0 radical (unpaired) electrons. The first-order valence-electron chi connectivity index (χ1n) is 9.89. The van der Waals surface area contributed by atoms with Crippen molar-refractivity contribution < 1.29 is 19.9 Å². The van der Waals surface area contributed by atoms with E-state index in [0.717, 1.165) is 14.7 Å². The molecule has 4 aromatic carbocycles. The molecule has 0 heterocycles. The van der Waals surface area contributed by atoms with Gasteiger partial charge >= 0.3 is 7.12 Å². The van der Waals surface area contributed by atoms with Crippen molar-refractivity contribution in [1.82, 2.24) is 0 Å². The Morgan fingerprint density at radius 3 is 1.35 bits per heavy atom. The van der Waals surface area contributed by atoms with Crippen LogP contribution < -0.4 is 5.46 Å². The molecule has 34 heavy (non-hydrogen) atoms. The van der Waals surface area contributed by atoms with Gasteiger partial charge in [0, 0.05) is 27.8 Å². The quantitative estimate of drug-likeness (QED) is 0.157. The van der Waals surface area contributed by atoms with Crippen LogP contribution in [0.4, 0.5) is 11.4 Å². The molecule has 4 rings (SSSR count). The van der Waals surface area contributed by atoms with Gasteiger partial charge in [-0.3, -0.25) is 20.2 Å². The summed E-state index contributed by atoms with van der Waals surface area (Å²) in [5.41, 5.74) is 2.83. The third kappa shape index (κ3) is 9.10. The summed E-state index contributed by atoms with van der Waals surface area (Å²) >= 11 is 2.10. The molecule has 0 spiro atoms. The molecule has 0 bridgehead atoms. The van der Waals surface area contributed by atoms with Gasteiger partial charge in [0.15, 0.2) is 0 Å². The second kappa shape index (κ2) is 13.8. The molecule has 0 unspecified atom stereocenters. The van der Waals surface area contributed by atoms with Crippen LogP contribution in [0.15, 0.2) is 109 Å². The fraction of sp³-hybridized carbons (Fsp3) is 0. The first-order chi connectivity index (χ1) is 16.3. The number of benzene rings is 4. The Morgan fingerprint density at radius 1 is 0.588 bits per heavy atom. The summed E-state index contributed by atoms with van der Waals surface area (Å²) in [5, 5.41) is 37.7. The highest BCUT2D eigenvalue weighted by molar-refractivity contribution is 14.1. The molecule has 4 aromatic rings. The Labute approximate surface area is 210 Å². The second-order valence-corrected chi connectivity index (χ2v) is 7.93. The Morgan fingerprint density at radius 2 is 0.971 bits per heavy atom. The van der Waals surface area contributed by atoms with Gasteiger partial charge in [-0.15, -0.1) is 0 Å². The molecule has 0 aliphatic carbocycles. The van der Waals surface area contributed by atoms with Gasteiger partial charge in [0.1, 0.15) is 0 Å². The van der Waals surface area contributed by atoms with E-state index in [4.69, 9.17) is 10.0 Å². The van der Waals surface area contributed by atoms with Crippen LogP contribution in [0.3, 0.4) is 0 Å². The fourth-order valence-corrected chi connectivity index (χ4v) is 2.95. The SMILES string of the molecule is O=[N+]([O-])c1ccc(-c2ccccc2)cc1.O=[N+]([O-])c1ccc(I)cc1.OB(O)c1ccccc1. The van der Waals surface area contributed by atoms with E-state index < -0.39 is 17.0 Å². The molecular weight excluding hydrogens is 550 g/mol. The second-order valence-electron chi connectivity index (χ2n) is 6.69. The summed E-state index contributed by atoms with van der Waals surface area (Å²) in [4.78, 5) is 19.8. The first-order valence-corrected chi connectivity index (χ1v) is 11.0. The molecule has 172 valence electrons. The fourth-order valence-electron chi connectivity index (χ4n) is 2.59. The van der Waals surface area contributed by atoms with Crippen LogP contribution in [-0.2, 0) is 0 Å². The maximum atomic E-state index is 10.5. The zero-order valence-electron chi connectivity index (χ0n) is 17.8. The molecular formula is C24H20BIN2O6. The number of halogens is 1. The molecule has 10 heteroatoms. The zero-order chi connectivity index (χ0) is 24.9. The van der Waals surface area contributed by atoms with Crippen LogP contribution >= 0.6 is 22.6 Å². The van der Waals surface area contributed by atoms with E-state index in [9.17, 15) is 20.2 Å². The van der Waals surface area contributed by atoms with Crippen molar-refractivity contribution in [3.63, 3.8) is 0 Å². The Bertz CT molecular complexity index is 1180. The third-order valence-electron chi connectivity index (χ3n) is 4.32. The van der Waals surface area contributed by atoms with Crippen LogP contribution in [0.25, 0.3) is 11.1 Å². The van der Waals surface area contributed by atoms with Crippen molar-refractivity contribution in [2.45, 2.75) is 0 Å². The zero-order valence-corrected chi connectivity index (χ0v) is 19.9. The van der Waals surface area contributed by atoms with Crippen molar-refractivity contribution in [2.24, 2.45) is 0 Å². The summed E-state index contributed by atoms with van der Waals surface area (Å²) in [6, 6.07) is 31.4. The first kappa shape index (κ1) is 26.6. The van der Waals surface area contributed by atoms with Gasteiger partial charge in [0.05, 0.1) is 9.85 Å². The van der Waals surface area contributed by atoms with Gasteiger partial charge < -0.3 is 10.0 Å². The van der Waals surface area contributed by atoms with Crippen LogP contribution in [0.1, 0.15) is 0 Å². The Hall–Kier alpha value is -3.61. The molecule has 0 saturated heterocycles. The minimum Gasteiger partial charge on any atom is -0.423 e. The molecule has 0 aliphatic rings. The van der Waals surface area contributed by atoms with Gasteiger partial charge in [-0.05, 0) is 63.4 Å². The standard InChI is InChI=1S/C12H9NO2.C6H7BO2.C6H4INO2/c14-13(15)12-8-6-11(7-9-12)10-4-2-1-3-5-10;8-7(9)6-4-2-1-3-5-6;7-5-1-3-6(4-2-5)8(9)10/h1-9H;1-5,8-9H;1-4H. The van der Waals surface area contributed by atoms with E-state index in [0.29, 0.717) is 5.46 Å². The lowest BCUT2D eigenvalue weighted by atomic mass is 9.81. The van der Waals surface area contributed by atoms with E-state index >= 15 is 0 Å². The molecule has 8 nitrogen and oxygen atoms in total. The average molecular weight is 570 g/mol. The summed E-state index contributed by atoms with van der Waals surface area (Å²) in [7, 11) is -1.34. The van der Waals surface area contributed by atoms with E-state index in [2.05, 4.69) is 22.6 Å². The molecule has 0 amide bonds. The Balaban J connectivity index is 0.000000189. The van der Waals surface area contributed by atoms with Crippen LogP contribution in [0.5, 0.6) is 0 Å². The van der Waals surface area contributed by atoms with Crippen LogP contribution in [0, 0.1) is 23.8 Å². The predicted octanol–water partition coefficient (Wildman–Crippen LogP) is 4.83. The number of non-ortho nitro benzene ring substituents is 2. The smallest absolute Gasteiger partial charge is 0.423 e. The summed E-state index contributed by atoms with van der Waals surface area (Å²) < 4.78 is 1.00. The number of nitrogens with zero attached hydrogens (tertiary/aromatic N) is 2. The van der Waals surface area contributed by atoms with E-state index in [1.54, 1.807) is 48.5 Å². The van der Waals surface area contributed by atoms with Gasteiger partial charge in [0.25, 0.3) is 11.4 Å². The lowest BCUT2D eigenvalue weighted by molar-refractivity contribution is -0.385. The predicted molar refractivity (Wildman–Crippen MR) is 141 cm³/mol. The minimum absolute atomic E-state index is 0.120. The molecule has 0 saturated carbocycles. The van der Waals surface area contributed by atoms with Crippen molar-refractivity contribution in [3.8, 4) is 11.1 Å². The van der Waals surface area contributed by atoms with Crippen LogP contribution in [0.2, 0.25) is 0 Å². The molecule has 2 N–H and O–H groups in total. The molecule has 0 atom stereocenters. The van der Waals surface area contributed by atoms with E-state index in [1.807, 2.05) is 36.4 Å². The van der Waals surface area contributed by atoms with Gasteiger partial charge in [-0.2, -0.15) is 0 Å². The lowest BCUT2D eigenvalue weighted by Gasteiger charge is -1.99. The Kier molecular flexibility index (Phi) is 10.8. The third-order valence-corrected chi connectivity index (χ3v) is 5.04. The molecule has 0 fully saturated rings. The molecule has 0 aliphatic heterocycles. The van der Waals surface area contributed by atoms with Gasteiger partial charge in [0.2, 0.25) is 0 Å². The number of hydrogen-bond donors (Lipinski definition) is 2. The van der Waals surface area contributed by atoms with Crippen molar-refractivity contribution in [2.75, 3.05) is 0 Å². The molecule has 0 aromatic heterocycles. The number of nitro groups is 2. The monoisotopic (exact) mass is 570 g/mol. The topological polar surface area (TPSA) is 127 Å². The number of nitro benzene ring substituents is 2. The van der Waals surface area contributed by atoms with E-state index in [1.165, 1.54) is 24.3 Å². The number of rotatable bonds is 4. The summed E-state index contributed by atoms with van der Waals surface area (Å²) in [6.45, 7) is 0. The summed E-state index contributed by atoms with van der Waals surface area (Å²) in [5.74, 6) is 0. The number of hydrogen-bond acceptors (Lipinski definition) is 6. The van der Waals surface area contributed by atoms with Crippen LogP contribution in [-0.4, -0.2) is 27.0 Å². The van der Waals surface area contributed by atoms with Crippen molar-refractivity contribution >= 4 is 46.5 Å². The summed E-state index contributed by atoms with van der Waals surface area (Å²) in [6.07, 6.45) is 0. The normalized spacial score (nSPS) is 9.50.